The number of aromatic nitrogens is 2. The van der Waals surface area contributed by atoms with Crippen LogP contribution in [0, 0.1) is 0 Å². The van der Waals surface area contributed by atoms with Crippen LogP contribution in [-0.4, -0.2) is 23.8 Å². The zero-order valence-corrected chi connectivity index (χ0v) is 14.9. The third-order valence-electron chi connectivity index (χ3n) is 4.09. The third-order valence-corrected chi connectivity index (χ3v) is 4.09. The Morgan fingerprint density at radius 3 is 2.54 bits per heavy atom. The van der Waals surface area contributed by atoms with Crippen molar-refractivity contribution in [2.24, 2.45) is 5.73 Å². The Hall–Kier alpha value is -2.92. The Labute approximate surface area is 153 Å². The maximum absolute atomic E-state index is 5.63. The van der Waals surface area contributed by atoms with Gasteiger partial charge in [-0.25, -0.2) is 0 Å². The molecule has 0 atom stereocenters. The fraction of sp³-hybridized carbons (Fsp3) is 0.238. The number of nitrogens with two attached hydrogens (primary N) is 1. The molecule has 0 radical (unpaired) electrons. The van der Waals surface area contributed by atoms with Crippen molar-refractivity contribution in [2.75, 3.05) is 13.7 Å². The summed E-state index contributed by atoms with van der Waals surface area (Å²) in [6, 6.07) is 17.7. The van der Waals surface area contributed by atoms with Crippen molar-refractivity contribution in [3.8, 4) is 17.1 Å². The molecule has 2 aromatic carbocycles. The standard InChI is InChI=1S/C21H23N3O2/c1-25-19-12-10-17(11-13-19)20-23-21(26-24-20)18(9-5-6-14-22)15-16-7-3-2-4-8-16/h2-4,7-8,10-13,15H,5-6,9,14,22H2,1H3/b18-15+. The number of benzene rings is 2. The van der Waals surface area contributed by atoms with Crippen LogP contribution in [0.5, 0.6) is 5.75 Å². The van der Waals surface area contributed by atoms with E-state index < -0.39 is 0 Å². The lowest BCUT2D eigenvalue weighted by Gasteiger charge is -2.03. The number of hydrogen-bond acceptors (Lipinski definition) is 5. The van der Waals surface area contributed by atoms with E-state index in [1.54, 1.807) is 7.11 Å². The van der Waals surface area contributed by atoms with Gasteiger partial charge >= 0.3 is 0 Å². The van der Waals surface area contributed by atoms with Crippen LogP contribution < -0.4 is 10.5 Å². The smallest absolute Gasteiger partial charge is 0.254 e. The van der Waals surface area contributed by atoms with E-state index in [0.29, 0.717) is 18.3 Å². The topological polar surface area (TPSA) is 74.2 Å². The van der Waals surface area contributed by atoms with Gasteiger partial charge in [0, 0.05) is 11.1 Å². The van der Waals surface area contributed by atoms with Gasteiger partial charge in [-0.3, -0.25) is 0 Å². The predicted molar refractivity (Wildman–Crippen MR) is 104 cm³/mol. The van der Waals surface area contributed by atoms with E-state index >= 15 is 0 Å². The van der Waals surface area contributed by atoms with E-state index in [2.05, 4.69) is 28.3 Å². The van der Waals surface area contributed by atoms with E-state index in [-0.39, 0.29) is 0 Å². The molecular weight excluding hydrogens is 326 g/mol. The molecule has 0 fully saturated rings. The molecule has 0 saturated carbocycles. The molecule has 0 bridgehead atoms. The summed E-state index contributed by atoms with van der Waals surface area (Å²) in [7, 11) is 1.64. The molecule has 1 heterocycles. The van der Waals surface area contributed by atoms with Crippen LogP contribution >= 0.6 is 0 Å². The molecule has 5 heteroatoms. The lowest BCUT2D eigenvalue weighted by Crippen LogP contribution is -1.98. The second-order valence-corrected chi connectivity index (χ2v) is 5.98. The predicted octanol–water partition coefficient (Wildman–Crippen LogP) is 4.41. The third kappa shape index (κ3) is 4.58. The van der Waals surface area contributed by atoms with Gasteiger partial charge in [0.05, 0.1) is 7.11 Å². The zero-order chi connectivity index (χ0) is 18.2. The average molecular weight is 349 g/mol. The normalized spacial score (nSPS) is 11.5. The number of methoxy groups -OCH3 is 1. The fourth-order valence-electron chi connectivity index (χ4n) is 2.66. The molecule has 5 nitrogen and oxygen atoms in total. The number of ether oxygens (including phenoxy) is 1. The molecule has 0 unspecified atom stereocenters. The summed E-state index contributed by atoms with van der Waals surface area (Å²) in [4.78, 5) is 4.59. The van der Waals surface area contributed by atoms with E-state index in [0.717, 1.165) is 41.7 Å². The molecule has 134 valence electrons. The van der Waals surface area contributed by atoms with Gasteiger partial charge in [-0.15, -0.1) is 0 Å². The van der Waals surface area contributed by atoms with Gasteiger partial charge in [-0.1, -0.05) is 35.5 Å². The Kier molecular flexibility index (Phi) is 6.17. The quantitative estimate of drug-likeness (QED) is 0.610. The highest BCUT2D eigenvalue weighted by atomic mass is 16.5. The van der Waals surface area contributed by atoms with Gasteiger partial charge in [0.15, 0.2) is 0 Å². The number of hydrogen-bond donors (Lipinski definition) is 1. The molecule has 1 aromatic heterocycles. The molecule has 3 aromatic rings. The number of rotatable bonds is 8. The van der Waals surface area contributed by atoms with Crippen LogP contribution in [0.2, 0.25) is 0 Å². The summed E-state index contributed by atoms with van der Waals surface area (Å²) in [6.45, 7) is 0.680. The van der Waals surface area contributed by atoms with E-state index in [4.69, 9.17) is 15.0 Å². The highest BCUT2D eigenvalue weighted by Gasteiger charge is 2.13. The van der Waals surface area contributed by atoms with Gasteiger partial charge in [0.2, 0.25) is 5.82 Å². The van der Waals surface area contributed by atoms with E-state index in [1.165, 1.54) is 0 Å². The minimum absolute atomic E-state index is 0.552. The summed E-state index contributed by atoms with van der Waals surface area (Å²) in [6.07, 6.45) is 4.89. The maximum Gasteiger partial charge on any atom is 0.254 e. The second-order valence-electron chi connectivity index (χ2n) is 5.98. The zero-order valence-electron chi connectivity index (χ0n) is 14.9. The van der Waals surface area contributed by atoms with Gasteiger partial charge in [-0.05, 0) is 61.7 Å². The summed E-state index contributed by atoms with van der Waals surface area (Å²) in [5.41, 5.74) is 8.65. The van der Waals surface area contributed by atoms with Crippen LogP contribution in [0.15, 0.2) is 59.1 Å². The lowest BCUT2D eigenvalue weighted by atomic mass is 10.0. The summed E-state index contributed by atoms with van der Waals surface area (Å²) < 4.78 is 10.7. The molecule has 2 N–H and O–H groups in total. The first-order valence-corrected chi connectivity index (χ1v) is 8.74. The summed E-state index contributed by atoms with van der Waals surface area (Å²) in [5, 5.41) is 4.14. The minimum atomic E-state index is 0.552. The second kappa shape index (κ2) is 8.97. The SMILES string of the molecule is COc1ccc(-c2noc(/C(=C/c3ccccc3)CCCCN)n2)cc1. The monoisotopic (exact) mass is 349 g/mol. The molecule has 0 amide bonds. The van der Waals surface area contributed by atoms with Gasteiger partial charge in [0.25, 0.3) is 5.89 Å². The largest absolute Gasteiger partial charge is 0.497 e. The molecule has 0 aliphatic carbocycles. The first-order valence-electron chi connectivity index (χ1n) is 8.74. The minimum Gasteiger partial charge on any atom is -0.497 e. The maximum atomic E-state index is 5.63. The van der Waals surface area contributed by atoms with Gasteiger partial charge in [0.1, 0.15) is 5.75 Å². The van der Waals surface area contributed by atoms with Gasteiger partial charge in [-0.2, -0.15) is 4.98 Å². The van der Waals surface area contributed by atoms with Crippen molar-refractivity contribution in [1.82, 2.24) is 10.1 Å². The summed E-state index contributed by atoms with van der Waals surface area (Å²) in [5.74, 6) is 1.92. The molecular formula is C21H23N3O2. The molecule has 0 saturated heterocycles. The van der Waals surface area contributed by atoms with Crippen molar-refractivity contribution in [2.45, 2.75) is 19.3 Å². The molecule has 0 spiro atoms. The number of unbranched alkanes of at least 4 members (excludes halogenated alkanes) is 1. The highest BCUT2D eigenvalue weighted by molar-refractivity contribution is 5.78. The highest BCUT2D eigenvalue weighted by Crippen LogP contribution is 2.26. The number of nitrogens with zero attached hydrogens (tertiary/aromatic N) is 2. The molecule has 0 aliphatic rings. The van der Waals surface area contributed by atoms with Crippen molar-refractivity contribution in [3.63, 3.8) is 0 Å². The lowest BCUT2D eigenvalue weighted by molar-refractivity contribution is 0.406. The molecule has 26 heavy (non-hydrogen) atoms. The van der Waals surface area contributed by atoms with Crippen molar-refractivity contribution in [1.29, 1.82) is 0 Å². The van der Waals surface area contributed by atoms with Crippen LogP contribution in [0.4, 0.5) is 0 Å². The Morgan fingerprint density at radius 1 is 1.08 bits per heavy atom. The van der Waals surface area contributed by atoms with Crippen molar-refractivity contribution < 1.29 is 9.26 Å². The number of allylic oxidation sites excluding steroid dienone is 1. The van der Waals surface area contributed by atoms with Crippen LogP contribution in [0.1, 0.15) is 30.7 Å². The van der Waals surface area contributed by atoms with Crippen LogP contribution in [0.25, 0.3) is 23.0 Å². The molecule has 3 rings (SSSR count). The Morgan fingerprint density at radius 2 is 1.85 bits per heavy atom. The summed E-state index contributed by atoms with van der Waals surface area (Å²) >= 11 is 0. The van der Waals surface area contributed by atoms with E-state index in [9.17, 15) is 0 Å². The van der Waals surface area contributed by atoms with Crippen molar-refractivity contribution in [3.05, 3.63) is 66.1 Å². The van der Waals surface area contributed by atoms with Gasteiger partial charge < -0.3 is 15.0 Å². The fourth-order valence-corrected chi connectivity index (χ4v) is 2.66. The van der Waals surface area contributed by atoms with Crippen LogP contribution in [0.3, 0.4) is 0 Å². The van der Waals surface area contributed by atoms with Crippen LogP contribution in [-0.2, 0) is 0 Å². The van der Waals surface area contributed by atoms with E-state index in [1.807, 2.05) is 42.5 Å². The van der Waals surface area contributed by atoms with Crippen molar-refractivity contribution >= 4 is 11.6 Å². The Bertz CT molecular complexity index is 839. The first-order chi connectivity index (χ1) is 12.8. The Balaban J connectivity index is 1.86. The molecule has 0 aliphatic heterocycles. The average Bonchev–Trinajstić information content (AvgIpc) is 3.18. The first kappa shape index (κ1) is 17.9.